The summed E-state index contributed by atoms with van der Waals surface area (Å²) < 4.78 is 5.18. The van der Waals surface area contributed by atoms with Crippen molar-refractivity contribution < 1.29 is 9.21 Å². The molecule has 2 aromatic rings. The van der Waals surface area contributed by atoms with E-state index in [0.717, 1.165) is 30.3 Å². The van der Waals surface area contributed by atoms with Crippen LogP contribution in [0, 0.1) is 6.92 Å². The summed E-state index contributed by atoms with van der Waals surface area (Å²) in [7, 11) is 0. The van der Waals surface area contributed by atoms with Gasteiger partial charge in [0, 0.05) is 38.1 Å². The van der Waals surface area contributed by atoms with E-state index < -0.39 is 0 Å². The van der Waals surface area contributed by atoms with Crippen molar-refractivity contribution in [2.24, 2.45) is 0 Å². The Morgan fingerprint density at radius 3 is 2.71 bits per heavy atom. The first kappa shape index (κ1) is 14.6. The van der Waals surface area contributed by atoms with Gasteiger partial charge in [-0.15, -0.1) is 11.3 Å². The minimum Gasteiger partial charge on any atom is -0.440 e. The highest BCUT2D eigenvalue weighted by atomic mass is 35.5. The number of aryl methyl sites for hydroxylation is 1. The third kappa shape index (κ3) is 3.45. The van der Waals surface area contributed by atoms with Crippen molar-refractivity contribution in [1.82, 2.24) is 14.8 Å². The molecule has 7 heteroatoms. The van der Waals surface area contributed by atoms with Gasteiger partial charge in [0.25, 0.3) is 5.91 Å². The summed E-state index contributed by atoms with van der Waals surface area (Å²) in [6.45, 7) is 5.94. The number of nitrogens with zero attached hydrogens (tertiary/aromatic N) is 3. The third-order valence-corrected chi connectivity index (χ3v) is 4.52. The molecule has 2 aromatic heterocycles. The number of rotatable bonds is 3. The Morgan fingerprint density at radius 2 is 2.14 bits per heavy atom. The topological polar surface area (TPSA) is 49.6 Å². The van der Waals surface area contributed by atoms with Crippen LogP contribution in [0.25, 0.3) is 0 Å². The molecule has 1 fully saturated rings. The van der Waals surface area contributed by atoms with Crippen molar-refractivity contribution >= 4 is 28.8 Å². The van der Waals surface area contributed by atoms with E-state index in [9.17, 15) is 4.79 Å². The second-order valence-electron chi connectivity index (χ2n) is 5.03. The summed E-state index contributed by atoms with van der Waals surface area (Å²) in [4.78, 5) is 20.8. The molecule has 0 aromatic carbocycles. The SMILES string of the molecule is Cc1nc(CN2CCN(C(=O)c3ccc(Cl)o3)CC2)cs1. The first-order valence-corrected chi connectivity index (χ1v) is 8.05. The highest BCUT2D eigenvalue weighted by Gasteiger charge is 2.24. The predicted molar refractivity (Wildman–Crippen MR) is 81.7 cm³/mol. The monoisotopic (exact) mass is 325 g/mol. The normalized spacial score (nSPS) is 16.4. The molecule has 21 heavy (non-hydrogen) atoms. The fourth-order valence-electron chi connectivity index (χ4n) is 2.40. The molecule has 1 aliphatic heterocycles. The van der Waals surface area contributed by atoms with Gasteiger partial charge in [0.1, 0.15) is 0 Å². The lowest BCUT2D eigenvalue weighted by Crippen LogP contribution is -2.48. The molecule has 0 unspecified atom stereocenters. The number of furan rings is 1. The molecular weight excluding hydrogens is 310 g/mol. The molecule has 0 saturated carbocycles. The average Bonchev–Trinajstić information content (AvgIpc) is 3.08. The van der Waals surface area contributed by atoms with Gasteiger partial charge < -0.3 is 9.32 Å². The number of hydrogen-bond acceptors (Lipinski definition) is 5. The molecule has 112 valence electrons. The van der Waals surface area contributed by atoms with Gasteiger partial charge in [0.05, 0.1) is 10.7 Å². The second-order valence-corrected chi connectivity index (χ2v) is 6.46. The lowest BCUT2D eigenvalue weighted by Gasteiger charge is -2.33. The Bertz CT molecular complexity index is 632. The molecule has 0 N–H and O–H groups in total. The molecule has 5 nitrogen and oxygen atoms in total. The molecule has 0 radical (unpaired) electrons. The zero-order valence-corrected chi connectivity index (χ0v) is 13.3. The van der Waals surface area contributed by atoms with E-state index in [1.54, 1.807) is 28.4 Å². The molecule has 0 aliphatic carbocycles. The molecule has 0 bridgehead atoms. The summed E-state index contributed by atoms with van der Waals surface area (Å²) in [6, 6.07) is 3.21. The summed E-state index contributed by atoms with van der Waals surface area (Å²) in [5, 5.41) is 3.43. The average molecular weight is 326 g/mol. The molecular formula is C14H16ClN3O2S. The summed E-state index contributed by atoms with van der Waals surface area (Å²) in [6.07, 6.45) is 0. The zero-order valence-electron chi connectivity index (χ0n) is 11.7. The maximum Gasteiger partial charge on any atom is 0.289 e. The molecule has 1 amide bonds. The number of aromatic nitrogens is 1. The molecule has 3 rings (SSSR count). The van der Waals surface area contributed by atoms with E-state index in [1.807, 2.05) is 6.92 Å². The highest BCUT2D eigenvalue weighted by Crippen LogP contribution is 2.17. The predicted octanol–water partition coefficient (Wildman–Crippen LogP) is 2.66. The fourth-order valence-corrected chi connectivity index (χ4v) is 3.15. The standard InChI is InChI=1S/C14H16ClN3O2S/c1-10-16-11(9-21-10)8-17-4-6-18(7-5-17)14(19)12-2-3-13(15)20-12/h2-3,9H,4-8H2,1H3. The van der Waals surface area contributed by atoms with Gasteiger partial charge in [-0.25, -0.2) is 4.98 Å². The number of carbonyl (C=O) groups excluding carboxylic acids is 1. The van der Waals surface area contributed by atoms with E-state index in [-0.39, 0.29) is 11.1 Å². The van der Waals surface area contributed by atoms with E-state index in [1.165, 1.54) is 0 Å². The quantitative estimate of drug-likeness (QED) is 0.870. The van der Waals surface area contributed by atoms with Crippen LogP contribution in [-0.4, -0.2) is 46.9 Å². The Hall–Kier alpha value is -1.37. The molecule has 1 aliphatic rings. The Balaban J connectivity index is 1.54. The lowest BCUT2D eigenvalue weighted by molar-refractivity contribution is 0.0597. The van der Waals surface area contributed by atoms with Crippen LogP contribution in [0.15, 0.2) is 21.9 Å². The van der Waals surface area contributed by atoms with Crippen molar-refractivity contribution in [3.05, 3.63) is 39.2 Å². The van der Waals surface area contributed by atoms with E-state index in [4.69, 9.17) is 16.0 Å². The molecule has 1 saturated heterocycles. The third-order valence-electron chi connectivity index (χ3n) is 3.50. The Kier molecular flexibility index (Phi) is 4.28. The summed E-state index contributed by atoms with van der Waals surface area (Å²) in [5.41, 5.74) is 1.11. The lowest BCUT2D eigenvalue weighted by atomic mass is 10.2. The fraction of sp³-hybridized carbons (Fsp3) is 0.429. The van der Waals surface area contributed by atoms with Crippen molar-refractivity contribution in [3.8, 4) is 0 Å². The number of carbonyl (C=O) groups is 1. The van der Waals surface area contributed by atoms with Gasteiger partial charge in [-0.2, -0.15) is 0 Å². The Labute approximate surface area is 132 Å². The first-order valence-electron chi connectivity index (χ1n) is 6.80. The number of hydrogen-bond donors (Lipinski definition) is 0. The largest absolute Gasteiger partial charge is 0.440 e. The van der Waals surface area contributed by atoms with Crippen molar-refractivity contribution in [3.63, 3.8) is 0 Å². The van der Waals surface area contributed by atoms with Gasteiger partial charge in [-0.1, -0.05) is 0 Å². The van der Waals surface area contributed by atoms with Gasteiger partial charge in [-0.3, -0.25) is 9.69 Å². The van der Waals surface area contributed by atoms with Crippen molar-refractivity contribution in [2.75, 3.05) is 26.2 Å². The van der Waals surface area contributed by atoms with Crippen molar-refractivity contribution in [1.29, 1.82) is 0 Å². The van der Waals surface area contributed by atoms with E-state index >= 15 is 0 Å². The Morgan fingerprint density at radius 1 is 1.38 bits per heavy atom. The van der Waals surface area contributed by atoms with Crippen molar-refractivity contribution in [2.45, 2.75) is 13.5 Å². The molecule has 0 spiro atoms. The van der Waals surface area contributed by atoms with Crippen LogP contribution in [0.3, 0.4) is 0 Å². The summed E-state index contributed by atoms with van der Waals surface area (Å²) >= 11 is 7.38. The maximum atomic E-state index is 12.2. The second kappa shape index (κ2) is 6.17. The van der Waals surface area contributed by atoms with Gasteiger partial charge >= 0.3 is 0 Å². The van der Waals surface area contributed by atoms with Crippen LogP contribution in [0.5, 0.6) is 0 Å². The maximum absolute atomic E-state index is 12.2. The van der Waals surface area contributed by atoms with Crippen LogP contribution >= 0.6 is 22.9 Å². The minimum absolute atomic E-state index is 0.0916. The van der Waals surface area contributed by atoms with Crippen LogP contribution in [-0.2, 0) is 6.54 Å². The van der Waals surface area contributed by atoms with Crippen LogP contribution in [0.1, 0.15) is 21.3 Å². The minimum atomic E-state index is -0.0916. The van der Waals surface area contributed by atoms with E-state index in [0.29, 0.717) is 18.8 Å². The number of halogens is 1. The first-order chi connectivity index (χ1) is 10.1. The molecule has 3 heterocycles. The molecule has 0 atom stereocenters. The van der Waals surface area contributed by atoms with E-state index in [2.05, 4.69) is 15.3 Å². The van der Waals surface area contributed by atoms with Crippen LogP contribution in [0.4, 0.5) is 0 Å². The van der Waals surface area contributed by atoms with Crippen LogP contribution in [0.2, 0.25) is 5.22 Å². The van der Waals surface area contributed by atoms with Gasteiger partial charge in [0.15, 0.2) is 11.0 Å². The zero-order chi connectivity index (χ0) is 14.8. The number of piperazine rings is 1. The number of amides is 1. The summed E-state index contributed by atoms with van der Waals surface area (Å²) in [5.74, 6) is 0.217. The van der Waals surface area contributed by atoms with Gasteiger partial charge in [0.2, 0.25) is 0 Å². The van der Waals surface area contributed by atoms with Gasteiger partial charge in [-0.05, 0) is 30.7 Å². The highest BCUT2D eigenvalue weighted by molar-refractivity contribution is 7.09. The number of thiazole rings is 1. The smallest absolute Gasteiger partial charge is 0.289 e. The van der Waals surface area contributed by atoms with Crippen LogP contribution < -0.4 is 0 Å².